The Hall–Kier alpha value is -1.53. The second-order valence-electron chi connectivity index (χ2n) is 4.01. The third kappa shape index (κ3) is 3.75. The molecule has 0 bridgehead atoms. The number of carbonyl (C=O) groups excluding carboxylic acids is 1. The van der Waals surface area contributed by atoms with Gasteiger partial charge in [-0.05, 0) is 19.4 Å². The van der Waals surface area contributed by atoms with Crippen LogP contribution in [0.5, 0.6) is 0 Å². The van der Waals surface area contributed by atoms with Crippen LogP contribution in [0.4, 0.5) is 0 Å². The molecule has 1 rings (SSSR count). The zero-order valence-corrected chi connectivity index (χ0v) is 10.9. The molecule has 0 aliphatic rings. The summed E-state index contributed by atoms with van der Waals surface area (Å²) in [6.45, 7) is 3.79. The first-order valence-electron chi connectivity index (χ1n) is 5.86. The minimum Gasteiger partial charge on any atom is -0.394 e. The molecule has 1 amide bonds. The highest BCUT2D eigenvalue weighted by Gasteiger charge is 2.16. The number of aryl methyl sites for hydroxylation is 2. The van der Waals surface area contributed by atoms with Crippen molar-refractivity contribution < 1.29 is 14.6 Å². The van der Waals surface area contributed by atoms with Gasteiger partial charge < -0.3 is 15.2 Å². The van der Waals surface area contributed by atoms with Crippen molar-refractivity contribution in [1.82, 2.24) is 15.5 Å². The van der Waals surface area contributed by atoms with Crippen molar-refractivity contribution in [1.29, 1.82) is 0 Å². The summed E-state index contributed by atoms with van der Waals surface area (Å²) in [5.41, 5.74) is 1.83. The number of methoxy groups -OCH3 is 1. The first-order chi connectivity index (χ1) is 8.62. The highest BCUT2D eigenvalue weighted by Crippen LogP contribution is 2.07. The normalized spacial score (nSPS) is 12.2. The van der Waals surface area contributed by atoms with Gasteiger partial charge in [0.25, 0.3) is 5.91 Å². The van der Waals surface area contributed by atoms with Gasteiger partial charge in [-0.25, -0.2) is 0 Å². The van der Waals surface area contributed by atoms with Crippen molar-refractivity contribution >= 4 is 5.91 Å². The predicted octanol–water partition coefficient (Wildman–Crippen LogP) is 0.0845. The molecule has 1 atom stereocenters. The van der Waals surface area contributed by atoms with E-state index in [-0.39, 0.29) is 19.1 Å². The van der Waals surface area contributed by atoms with Gasteiger partial charge in [0.15, 0.2) is 0 Å². The molecule has 6 nitrogen and oxygen atoms in total. The molecule has 1 aromatic heterocycles. The topological polar surface area (TPSA) is 84.3 Å². The van der Waals surface area contributed by atoms with Crippen LogP contribution in [0.3, 0.4) is 0 Å². The SMILES string of the molecule is CCc1nnc(C)cc1C(=O)NC(CO)COC. The Morgan fingerprint density at radius 3 is 2.83 bits per heavy atom. The monoisotopic (exact) mass is 253 g/mol. The molecule has 0 aromatic carbocycles. The van der Waals surface area contributed by atoms with Gasteiger partial charge in [0.2, 0.25) is 0 Å². The van der Waals surface area contributed by atoms with E-state index in [0.717, 1.165) is 0 Å². The molecular weight excluding hydrogens is 234 g/mol. The summed E-state index contributed by atoms with van der Waals surface area (Å²) in [6.07, 6.45) is 0.629. The second-order valence-corrected chi connectivity index (χ2v) is 4.01. The summed E-state index contributed by atoms with van der Waals surface area (Å²) in [5, 5.41) is 19.7. The number of ether oxygens (including phenoxy) is 1. The summed E-state index contributed by atoms with van der Waals surface area (Å²) in [7, 11) is 1.52. The lowest BCUT2D eigenvalue weighted by Crippen LogP contribution is -2.41. The minimum atomic E-state index is -0.416. The Balaban J connectivity index is 2.85. The van der Waals surface area contributed by atoms with Crippen molar-refractivity contribution in [3.63, 3.8) is 0 Å². The lowest BCUT2D eigenvalue weighted by atomic mass is 10.1. The molecule has 0 fully saturated rings. The van der Waals surface area contributed by atoms with E-state index >= 15 is 0 Å². The van der Waals surface area contributed by atoms with E-state index in [4.69, 9.17) is 9.84 Å². The number of aliphatic hydroxyl groups excluding tert-OH is 1. The fourth-order valence-electron chi connectivity index (χ4n) is 1.58. The fraction of sp³-hybridized carbons (Fsp3) is 0.583. The van der Waals surface area contributed by atoms with Crippen molar-refractivity contribution in [2.45, 2.75) is 26.3 Å². The second kappa shape index (κ2) is 7.03. The van der Waals surface area contributed by atoms with Crippen LogP contribution in [0.2, 0.25) is 0 Å². The molecule has 1 aromatic rings. The Bertz CT molecular complexity index is 410. The van der Waals surface area contributed by atoms with E-state index in [0.29, 0.717) is 23.4 Å². The molecular formula is C12H19N3O3. The number of nitrogens with one attached hydrogen (secondary N) is 1. The third-order valence-electron chi connectivity index (χ3n) is 2.50. The largest absolute Gasteiger partial charge is 0.394 e. The number of hydrogen-bond donors (Lipinski definition) is 2. The van der Waals surface area contributed by atoms with E-state index in [2.05, 4.69) is 15.5 Å². The molecule has 18 heavy (non-hydrogen) atoms. The summed E-state index contributed by atoms with van der Waals surface area (Å²) >= 11 is 0. The smallest absolute Gasteiger partial charge is 0.253 e. The molecule has 100 valence electrons. The van der Waals surface area contributed by atoms with E-state index in [1.165, 1.54) is 7.11 Å². The quantitative estimate of drug-likeness (QED) is 0.750. The first kappa shape index (κ1) is 14.5. The molecule has 1 heterocycles. The molecule has 6 heteroatoms. The first-order valence-corrected chi connectivity index (χ1v) is 5.86. The summed E-state index contributed by atoms with van der Waals surface area (Å²) < 4.78 is 4.91. The Morgan fingerprint density at radius 1 is 1.56 bits per heavy atom. The Labute approximate surface area is 106 Å². The van der Waals surface area contributed by atoms with Crippen LogP contribution in [-0.2, 0) is 11.2 Å². The number of aromatic nitrogens is 2. The molecule has 0 spiro atoms. The fourth-order valence-corrected chi connectivity index (χ4v) is 1.58. The van der Waals surface area contributed by atoms with Crippen LogP contribution in [0.15, 0.2) is 6.07 Å². The Kier molecular flexibility index (Phi) is 5.67. The molecule has 2 N–H and O–H groups in total. The number of carbonyl (C=O) groups is 1. The standard InChI is InChI=1S/C12H19N3O3/c1-4-11-10(5-8(2)14-15-11)12(17)13-9(6-16)7-18-3/h5,9,16H,4,6-7H2,1-3H3,(H,13,17). The molecule has 0 aliphatic carbocycles. The van der Waals surface area contributed by atoms with Gasteiger partial charge in [-0.15, -0.1) is 0 Å². The third-order valence-corrected chi connectivity index (χ3v) is 2.50. The van der Waals surface area contributed by atoms with E-state index in [9.17, 15) is 4.79 Å². The van der Waals surface area contributed by atoms with Gasteiger partial charge in [0.1, 0.15) is 0 Å². The zero-order chi connectivity index (χ0) is 13.5. The van der Waals surface area contributed by atoms with Gasteiger partial charge in [-0.3, -0.25) is 4.79 Å². The van der Waals surface area contributed by atoms with Gasteiger partial charge in [-0.2, -0.15) is 10.2 Å². The van der Waals surface area contributed by atoms with Crippen LogP contribution in [0, 0.1) is 6.92 Å². The number of nitrogens with zero attached hydrogens (tertiary/aromatic N) is 2. The summed E-state index contributed by atoms with van der Waals surface area (Å²) in [6, 6.07) is 1.28. The van der Waals surface area contributed by atoms with Gasteiger partial charge in [0.05, 0.1) is 36.2 Å². The maximum atomic E-state index is 12.1. The molecule has 0 radical (unpaired) electrons. The highest BCUT2D eigenvalue weighted by atomic mass is 16.5. The summed E-state index contributed by atoms with van der Waals surface area (Å²) in [4.78, 5) is 12.1. The average Bonchev–Trinajstić information content (AvgIpc) is 2.38. The number of rotatable bonds is 6. The van der Waals surface area contributed by atoms with E-state index in [1.807, 2.05) is 6.92 Å². The maximum Gasteiger partial charge on any atom is 0.253 e. The van der Waals surface area contributed by atoms with Crippen LogP contribution >= 0.6 is 0 Å². The van der Waals surface area contributed by atoms with Gasteiger partial charge in [-0.1, -0.05) is 6.92 Å². The van der Waals surface area contributed by atoms with E-state index < -0.39 is 6.04 Å². The average molecular weight is 253 g/mol. The van der Waals surface area contributed by atoms with Crippen LogP contribution < -0.4 is 5.32 Å². The van der Waals surface area contributed by atoms with Crippen molar-refractivity contribution in [3.05, 3.63) is 23.0 Å². The van der Waals surface area contributed by atoms with Gasteiger partial charge >= 0.3 is 0 Å². The molecule has 0 aliphatic heterocycles. The minimum absolute atomic E-state index is 0.168. The lowest BCUT2D eigenvalue weighted by molar-refractivity contribution is 0.0838. The molecule has 0 saturated heterocycles. The molecule has 1 unspecified atom stereocenters. The maximum absolute atomic E-state index is 12.1. The van der Waals surface area contributed by atoms with Crippen LogP contribution in [0.1, 0.15) is 28.7 Å². The Morgan fingerprint density at radius 2 is 2.28 bits per heavy atom. The van der Waals surface area contributed by atoms with Gasteiger partial charge in [0, 0.05) is 7.11 Å². The number of hydrogen-bond acceptors (Lipinski definition) is 5. The zero-order valence-electron chi connectivity index (χ0n) is 10.9. The summed E-state index contributed by atoms with van der Waals surface area (Å²) in [5.74, 6) is -0.263. The van der Waals surface area contributed by atoms with Crippen molar-refractivity contribution in [2.24, 2.45) is 0 Å². The highest BCUT2D eigenvalue weighted by molar-refractivity contribution is 5.95. The van der Waals surface area contributed by atoms with Crippen LogP contribution in [0.25, 0.3) is 0 Å². The van der Waals surface area contributed by atoms with E-state index in [1.54, 1.807) is 13.0 Å². The number of aliphatic hydroxyl groups is 1. The van der Waals surface area contributed by atoms with Crippen molar-refractivity contribution in [3.8, 4) is 0 Å². The molecule has 0 saturated carbocycles. The predicted molar refractivity (Wildman–Crippen MR) is 66.4 cm³/mol. The lowest BCUT2D eigenvalue weighted by Gasteiger charge is -2.16. The van der Waals surface area contributed by atoms with Crippen LogP contribution in [-0.4, -0.2) is 47.6 Å². The van der Waals surface area contributed by atoms with Crippen molar-refractivity contribution in [2.75, 3.05) is 20.3 Å². The number of amides is 1.